The molecule has 1 unspecified atom stereocenters. The van der Waals surface area contributed by atoms with E-state index in [9.17, 15) is 4.79 Å². The molecule has 1 atom stereocenters. The molecule has 0 N–H and O–H groups in total. The van der Waals surface area contributed by atoms with E-state index in [0.717, 1.165) is 43.5 Å². The van der Waals surface area contributed by atoms with Gasteiger partial charge in [0.1, 0.15) is 5.82 Å². The summed E-state index contributed by atoms with van der Waals surface area (Å²) in [5.74, 6) is 1.62. The molecule has 1 aromatic heterocycles. The van der Waals surface area contributed by atoms with Gasteiger partial charge in [0.2, 0.25) is 11.9 Å². The van der Waals surface area contributed by atoms with Crippen LogP contribution < -0.4 is 9.80 Å². The molecule has 0 aliphatic carbocycles. The molecule has 0 saturated carbocycles. The van der Waals surface area contributed by atoms with Gasteiger partial charge in [-0.05, 0) is 13.3 Å². The molecule has 2 aliphatic rings. The highest BCUT2D eigenvalue weighted by molar-refractivity contribution is 5.99. The number of hydrogen-bond donors (Lipinski definition) is 0. The highest BCUT2D eigenvalue weighted by atomic mass is 35.5. The normalized spacial score (nSPS) is 19.9. The van der Waals surface area contributed by atoms with Crippen LogP contribution in [-0.4, -0.2) is 60.0 Å². The Morgan fingerprint density at radius 1 is 1.27 bits per heavy atom. The lowest BCUT2D eigenvalue weighted by Crippen LogP contribution is -2.50. The molecule has 7 heteroatoms. The Morgan fingerprint density at radius 3 is 2.59 bits per heavy atom. The number of carbonyl (C=O) groups is 1. The first kappa shape index (κ1) is 17.0. The highest BCUT2D eigenvalue weighted by Gasteiger charge is 2.28. The van der Waals surface area contributed by atoms with Gasteiger partial charge in [0.25, 0.3) is 0 Å². The van der Waals surface area contributed by atoms with Crippen molar-refractivity contribution >= 4 is 30.1 Å². The quantitative estimate of drug-likeness (QED) is 0.839. The Morgan fingerprint density at radius 2 is 1.95 bits per heavy atom. The topological polar surface area (TPSA) is 52.6 Å². The van der Waals surface area contributed by atoms with Crippen LogP contribution in [0.2, 0.25) is 0 Å². The van der Waals surface area contributed by atoms with Gasteiger partial charge in [0.15, 0.2) is 0 Å². The van der Waals surface area contributed by atoms with Crippen LogP contribution in [0.5, 0.6) is 0 Å². The Balaban J connectivity index is 0.00000176. The number of fused-ring (bicyclic) bond motifs is 1. The van der Waals surface area contributed by atoms with E-state index in [4.69, 9.17) is 0 Å². The Labute approximate surface area is 137 Å². The number of amides is 1. The zero-order valence-electron chi connectivity index (χ0n) is 13.4. The average molecular weight is 326 g/mol. The van der Waals surface area contributed by atoms with Crippen molar-refractivity contribution in [3.63, 3.8) is 0 Å². The van der Waals surface area contributed by atoms with E-state index >= 15 is 0 Å². The van der Waals surface area contributed by atoms with E-state index in [1.54, 1.807) is 18.1 Å². The minimum atomic E-state index is 0. The lowest BCUT2D eigenvalue weighted by molar-refractivity contribution is -0.117. The van der Waals surface area contributed by atoms with Crippen molar-refractivity contribution in [1.82, 2.24) is 14.9 Å². The number of likely N-dealkylation sites (N-methyl/N-ethyl adjacent to an activating group) is 1. The molecule has 0 aromatic carbocycles. The van der Waals surface area contributed by atoms with Gasteiger partial charge in [-0.15, -0.1) is 12.4 Å². The van der Waals surface area contributed by atoms with Crippen molar-refractivity contribution in [1.29, 1.82) is 0 Å². The standard InChI is InChI=1S/C15H23N5O.ClH/c1-4-11(2)19-5-7-20(8-6-19)15-16-10-12-9-13(21)18(3)14(12)17-15;/h10-11H,4-9H2,1-3H3;1H. The van der Waals surface area contributed by atoms with Crippen LogP contribution in [0.3, 0.4) is 0 Å². The van der Waals surface area contributed by atoms with E-state index in [1.165, 1.54) is 6.42 Å². The van der Waals surface area contributed by atoms with E-state index < -0.39 is 0 Å². The SMILES string of the molecule is CCC(C)N1CCN(c2ncc3c(n2)N(C)C(=O)C3)CC1.Cl. The summed E-state index contributed by atoms with van der Waals surface area (Å²) in [4.78, 5) is 27.1. The lowest BCUT2D eigenvalue weighted by Gasteiger charge is -2.37. The third-order valence-electron chi connectivity index (χ3n) is 4.67. The minimum absolute atomic E-state index is 0. The molecule has 1 fully saturated rings. The molecular weight excluding hydrogens is 302 g/mol. The molecule has 3 heterocycles. The fourth-order valence-corrected chi connectivity index (χ4v) is 2.98. The molecule has 22 heavy (non-hydrogen) atoms. The average Bonchev–Trinajstić information content (AvgIpc) is 2.81. The van der Waals surface area contributed by atoms with Gasteiger partial charge in [-0.25, -0.2) is 4.98 Å². The monoisotopic (exact) mass is 325 g/mol. The van der Waals surface area contributed by atoms with Gasteiger partial charge in [-0.2, -0.15) is 4.98 Å². The van der Waals surface area contributed by atoms with Crippen LogP contribution in [0.1, 0.15) is 25.8 Å². The fraction of sp³-hybridized carbons (Fsp3) is 0.667. The second kappa shape index (κ2) is 6.79. The van der Waals surface area contributed by atoms with Gasteiger partial charge in [0, 0.05) is 51.0 Å². The van der Waals surface area contributed by atoms with Gasteiger partial charge in [0.05, 0.1) is 6.42 Å². The summed E-state index contributed by atoms with van der Waals surface area (Å²) in [6.45, 7) is 8.49. The molecular formula is C15H24ClN5O. The van der Waals surface area contributed by atoms with Gasteiger partial charge in [-0.3, -0.25) is 14.6 Å². The Bertz CT molecular complexity index is 545. The van der Waals surface area contributed by atoms with Gasteiger partial charge < -0.3 is 4.90 Å². The maximum absolute atomic E-state index is 11.7. The second-order valence-corrected chi connectivity index (χ2v) is 5.93. The molecule has 0 radical (unpaired) electrons. The first-order valence-electron chi connectivity index (χ1n) is 7.71. The molecule has 6 nitrogen and oxygen atoms in total. The maximum Gasteiger partial charge on any atom is 0.232 e. The number of hydrogen-bond acceptors (Lipinski definition) is 5. The van der Waals surface area contributed by atoms with Crippen LogP contribution >= 0.6 is 12.4 Å². The van der Waals surface area contributed by atoms with E-state index in [0.29, 0.717) is 12.5 Å². The van der Waals surface area contributed by atoms with E-state index in [2.05, 4.69) is 33.6 Å². The van der Waals surface area contributed by atoms with Crippen LogP contribution in [0.15, 0.2) is 6.20 Å². The summed E-state index contributed by atoms with van der Waals surface area (Å²) in [5, 5.41) is 0. The number of nitrogens with zero attached hydrogens (tertiary/aromatic N) is 5. The van der Waals surface area contributed by atoms with Crippen LogP contribution in [-0.2, 0) is 11.2 Å². The Hall–Kier alpha value is -1.40. The van der Waals surface area contributed by atoms with Crippen molar-refractivity contribution < 1.29 is 4.79 Å². The number of anilines is 2. The molecule has 1 aromatic rings. The molecule has 1 amide bonds. The number of halogens is 1. The highest BCUT2D eigenvalue weighted by Crippen LogP contribution is 2.26. The van der Waals surface area contributed by atoms with Crippen molar-refractivity contribution in [2.45, 2.75) is 32.7 Å². The van der Waals surface area contributed by atoms with Crippen molar-refractivity contribution in [3.8, 4) is 0 Å². The summed E-state index contributed by atoms with van der Waals surface area (Å²) < 4.78 is 0. The number of rotatable bonds is 3. The van der Waals surface area contributed by atoms with Crippen LogP contribution in [0, 0.1) is 0 Å². The second-order valence-electron chi connectivity index (χ2n) is 5.93. The summed E-state index contributed by atoms with van der Waals surface area (Å²) in [6, 6.07) is 0.636. The van der Waals surface area contributed by atoms with Gasteiger partial charge >= 0.3 is 0 Å². The Kier molecular flexibility index (Phi) is 5.24. The lowest BCUT2D eigenvalue weighted by atomic mass is 10.2. The summed E-state index contributed by atoms with van der Waals surface area (Å²) in [6.07, 6.45) is 3.41. The molecule has 0 spiro atoms. The van der Waals surface area contributed by atoms with Crippen molar-refractivity contribution in [3.05, 3.63) is 11.8 Å². The zero-order chi connectivity index (χ0) is 15.0. The molecule has 1 saturated heterocycles. The summed E-state index contributed by atoms with van der Waals surface area (Å²) >= 11 is 0. The maximum atomic E-state index is 11.7. The third-order valence-corrected chi connectivity index (χ3v) is 4.67. The van der Waals surface area contributed by atoms with E-state index in [-0.39, 0.29) is 18.3 Å². The fourth-order valence-electron chi connectivity index (χ4n) is 2.98. The predicted molar refractivity (Wildman–Crippen MR) is 89.9 cm³/mol. The van der Waals surface area contributed by atoms with Crippen molar-refractivity contribution in [2.24, 2.45) is 0 Å². The molecule has 3 rings (SSSR count). The number of carbonyl (C=O) groups excluding carboxylic acids is 1. The number of piperazine rings is 1. The third kappa shape index (κ3) is 3.03. The minimum Gasteiger partial charge on any atom is -0.338 e. The first-order valence-corrected chi connectivity index (χ1v) is 7.71. The zero-order valence-corrected chi connectivity index (χ0v) is 14.3. The number of aromatic nitrogens is 2. The van der Waals surface area contributed by atoms with Crippen molar-refractivity contribution in [2.75, 3.05) is 43.0 Å². The molecule has 0 bridgehead atoms. The van der Waals surface area contributed by atoms with E-state index in [1.807, 2.05) is 0 Å². The molecule has 122 valence electrons. The summed E-state index contributed by atoms with van der Waals surface area (Å²) in [5.41, 5.74) is 0.935. The predicted octanol–water partition coefficient (Wildman–Crippen LogP) is 1.34. The largest absolute Gasteiger partial charge is 0.338 e. The molecule has 2 aliphatic heterocycles. The van der Waals surface area contributed by atoms with Crippen LogP contribution in [0.25, 0.3) is 0 Å². The van der Waals surface area contributed by atoms with Crippen LogP contribution in [0.4, 0.5) is 11.8 Å². The summed E-state index contributed by atoms with van der Waals surface area (Å²) in [7, 11) is 1.78. The van der Waals surface area contributed by atoms with Gasteiger partial charge in [-0.1, -0.05) is 6.92 Å². The first-order chi connectivity index (χ1) is 10.1. The smallest absolute Gasteiger partial charge is 0.232 e.